The maximum absolute atomic E-state index is 12.5. The van der Waals surface area contributed by atoms with Crippen molar-refractivity contribution in [1.82, 2.24) is 0 Å². The first-order valence-corrected chi connectivity index (χ1v) is 10.2. The molecular weight excluding hydrogens is 384 g/mol. The fourth-order valence-corrected chi connectivity index (χ4v) is 4.97. The molecule has 30 heavy (non-hydrogen) atoms. The van der Waals surface area contributed by atoms with Gasteiger partial charge in [0.05, 0.1) is 12.0 Å². The summed E-state index contributed by atoms with van der Waals surface area (Å²) in [6, 6.07) is 9.93. The summed E-state index contributed by atoms with van der Waals surface area (Å²) in [6.45, 7) is 0. The number of nitrogens with one attached hydrogen (secondary N) is 1. The van der Waals surface area contributed by atoms with E-state index >= 15 is 0 Å². The standard InChI is InChI=1S/C23H22N2O5/c1-29-20-7-3-14(11-22(20)30-21-10-13-2-4-15(21)8-13)9-18-17-12-16(25(27)28)5-6-19(17)24-23(18)26/h3,5-7,9,11-13,15,21H,2,4,8,10H2,1H3,(H,24,26)/b18-9-. The number of nitro benzene ring substituents is 1. The molecule has 0 radical (unpaired) electrons. The number of rotatable bonds is 5. The maximum Gasteiger partial charge on any atom is 0.270 e. The molecule has 0 aromatic heterocycles. The number of hydrogen-bond donors (Lipinski definition) is 1. The van der Waals surface area contributed by atoms with E-state index in [1.54, 1.807) is 19.3 Å². The quantitative estimate of drug-likeness (QED) is 0.443. The van der Waals surface area contributed by atoms with Crippen molar-refractivity contribution < 1.29 is 19.2 Å². The molecule has 1 aliphatic heterocycles. The molecule has 7 heteroatoms. The van der Waals surface area contributed by atoms with Crippen LogP contribution >= 0.6 is 0 Å². The Balaban J connectivity index is 1.48. The molecule has 0 saturated heterocycles. The molecule has 3 atom stereocenters. The van der Waals surface area contributed by atoms with Crippen LogP contribution in [0.15, 0.2) is 36.4 Å². The van der Waals surface area contributed by atoms with Crippen LogP contribution in [0.1, 0.15) is 36.8 Å². The molecule has 7 nitrogen and oxygen atoms in total. The van der Waals surface area contributed by atoms with Crippen LogP contribution in [0.5, 0.6) is 11.5 Å². The molecular formula is C23H22N2O5. The molecule has 3 unspecified atom stereocenters. The molecule has 2 aromatic carbocycles. The largest absolute Gasteiger partial charge is 0.493 e. The smallest absolute Gasteiger partial charge is 0.270 e. The zero-order valence-electron chi connectivity index (χ0n) is 16.6. The molecule has 2 aliphatic carbocycles. The van der Waals surface area contributed by atoms with Gasteiger partial charge in [-0.2, -0.15) is 0 Å². The molecule has 1 amide bonds. The lowest BCUT2D eigenvalue weighted by Gasteiger charge is -2.24. The number of hydrogen-bond acceptors (Lipinski definition) is 5. The van der Waals surface area contributed by atoms with Gasteiger partial charge in [0.2, 0.25) is 0 Å². The predicted molar refractivity (Wildman–Crippen MR) is 112 cm³/mol. The summed E-state index contributed by atoms with van der Waals surface area (Å²) in [6.07, 6.45) is 6.79. The number of non-ortho nitro benzene ring substituents is 1. The summed E-state index contributed by atoms with van der Waals surface area (Å²) in [5.41, 5.74) is 2.22. The Morgan fingerprint density at radius 1 is 1.13 bits per heavy atom. The fraction of sp³-hybridized carbons (Fsp3) is 0.348. The third kappa shape index (κ3) is 3.20. The van der Waals surface area contributed by atoms with Crippen LogP contribution in [0.25, 0.3) is 11.6 Å². The number of carbonyl (C=O) groups is 1. The molecule has 2 aromatic rings. The van der Waals surface area contributed by atoms with Gasteiger partial charge in [-0.3, -0.25) is 14.9 Å². The van der Waals surface area contributed by atoms with Crippen molar-refractivity contribution in [2.24, 2.45) is 11.8 Å². The number of nitrogens with zero attached hydrogens (tertiary/aromatic N) is 1. The average molecular weight is 406 g/mol. The average Bonchev–Trinajstić information content (AvgIpc) is 3.43. The highest BCUT2D eigenvalue weighted by atomic mass is 16.6. The number of amides is 1. The Morgan fingerprint density at radius 3 is 2.70 bits per heavy atom. The van der Waals surface area contributed by atoms with Gasteiger partial charge in [0.15, 0.2) is 11.5 Å². The first-order chi connectivity index (χ1) is 14.5. The van der Waals surface area contributed by atoms with Crippen LogP contribution in [0.2, 0.25) is 0 Å². The number of carbonyl (C=O) groups excluding carboxylic acids is 1. The molecule has 2 bridgehead atoms. The molecule has 1 N–H and O–H groups in total. The van der Waals surface area contributed by atoms with E-state index in [0.717, 1.165) is 17.9 Å². The van der Waals surface area contributed by atoms with Gasteiger partial charge in [-0.15, -0.1) is 0 Å². The Morgan fingerprint density at radius 2 is 2.00 bits per heavy atom. The van der Waals surface area contributed by atoms with E-state index in [2.05, 4.69) is 5.32 Å². The summed E-state index contributed by atoms with van der Waals surface area (Å²) in [5.74, 6) is 2.42. The minimum atomic E-state index is -0.463. The molecule has 2 saturated carbocycles. The Labute approximate surface area is 173 Å². The van der Waals surface area contributed by atoms with Gasteiger partial charge in [-0.25, -0.2) is 0 Å². The zero-order valence-corrected chi connectivity index (χ0v) is 16.6. The van der Waals surface area contributed by atoms with E-state index in [0.29, 0.717) is 34.2 Å². The predicted octanol–water partition coefficient (Wildman–Crippen LogP) is 4.66. The normalized spacial score (nSPS) is 25.3. The van der Waals surface area contributed by atoms with Gasteiger partial charge in [0.25, 0.3) is 11.6 Å². The first-order valence-electron chi connectivity index (χ1n) is 10.2. The minimum Gasteiger partial charge on any atom is -0.493 e. The summed E-state index contributed by atoms with van der Waals surface area (Å²) in [5, 5.41) is 13.9. The molecule has 1 heterocycles. The SMILES string of the molecule is COc1ccc(/C=C2\C(=O)Nc3ccc([N+](=O)[O-])cc32)cc1OC1CC2CCC1C2. The van der Waals surface area contributed by atoms with Crippen LogP contribution in [-0.2, 0) is 4.79 Å². The number of fused-ring (bicyclic) bond motifs is 3. The van der Waals surface area contributed by atoms with E-state index in [1.807, 2.05) is 18.2 Å². The van der Waals surface area contributed by atoms with Crippen molar-refractivity contribution in [3.8, 4) is 11.5 Å². The van der Waals surface area contributed by atoms with Crippen LogP contribution < -0.4 is 14.8 Å². The highest BCUT2D eigenvalue weighted by Crippen LogP contribution is 2.47. The summed E-state index contributed by atoms with van der Waals surface area (Å²) in [7, 11) is 1.61. The first kappa shape index (κ1) is 18.7. The van der Waals surface area contributed by atoms with Crippen LogP contribution in [0.3, 0.4) is 0 Å². The van der Waals surface area contributed by atoms with E-state index in [9.17, 15) is 14.9 Å². The maximum atomic E-state index is 12.5. The fourth-order valence-electron chi connectivity index (χ4n) is 4.97. The lowest BCUT2D eigenvalue weighted by Crippen LogP contribution is -2.23. The van der Waals surface area contributed by atoms with Crippen molar-refractivity contribution in [2.75, 3.05) is 12.4 Å². The number of anilines is 1. The monoisotopic (exact) mass is 406 g/mol. The second kappa shape index (κ2) is 7.16. The molecule has 154 valence electrons. The van der Waals surface area contributed by atoms with E-state index in [-0.39, 0.29) is 17.7 Å². The van der Waals surface area contributed by atoms with Gasteiger partial charge in [0, 0.05) is 29.0 Å². The summed E-state index contributed by atoms with van der Waals surface area (Å²) >= 11 is 0. The van der Waals surface area contributed by atoms with E-state index in [4.69, 9.17) is 9.47 Å². The van der Waals surface area contributed by atoms with Crippen molar-refractivity contribution in [3.63, 3.8) is 0 Å². The van der Waals surface area contributed by atoms with Crippen LogP contribution in [0.4, 0.5) is 11.4 Å². The lowest BCUT2D eigenvalue weighted by molar-refractivity contribution is -0.384. The second-order valence-corrected chi connectivity index (χ2v) is 8.24. The number of ether oxygens (including phenoxy) is 2. The molecule has 0 spiro atoms. The van der Waals surface area contributed by atoms with Crippen molar-refractivity contribution in [2.45, 2.75) is 31.8 Å². The van der Waals surface area contributed by atoms with Crippen LogP contribution in [0, 0.1) is 22.0 Å². The number of benzene rings is 2. The van der Waals surface area contributed by atoms with Gasteiger partial charge in [-0.1, -0.05) is 6.07 Å². The van der Waals surface area contributed by atoms with Crippen molar-refractivity contribution in [1.29, 1.82) is 0 Å². The molecule has 2 fully saturated rings. The van der Waals surface area contributed by atoms with Gasteiger partial charge in [0.1, 0.15) is 6.10 Å². The zero-order chi connectivity index (χ0) is 20.8. The number of nitro groups is 1. The highest BCUT2D eigenvalue weighted by molar-refractivity contribution is 6.35. The molecule has 5 rings (SSSR count). The summed E-state index contributed by atoms with van der Waals surface area (Å²) in [4.78, 5) is 23.2. The second-order valence-electron chi connectivity index (χ2n) is 8.24. The van der Waals surface area contributed by atoms with Crippen LogP contribution in [-0.4, -0.2) is 24.0 Å². The summed E-state index contributed by atoms with van der Waals surface area (Å²) < 4.78 is 11.8. The lowest BCUT2D eigenvalue weighted by atomic mass is 9.97. The van der Waals surface area contributed by atoms with Crippen molar-refractivity contribution >= 4 is 28.9 Å². The van der Waals surface area contributed by atoms with Crippen molar-refractivity contribution in [3.05, 3.63) is 57.6 Å². The number of methoxy groups -OCH3 is 1. The highest BCUT2D eigenvalue weighted by Gasteiger charge is 2.41. The third-order valence-electron chi connectivity index (χ3n) is 6.45. The molecule has 3 aliphatic rings. The Hall–Kier alpha value is -3.35. The van der Waals surface area contributed by atoms with Gasteiger partial charge >= 0.3 is 0 Å². The Kier molecular flexibility index (Phi) is 4.46. The van der Waals surface area contributed by atoms with E-state index < -0.39 is 4.92 Å². The van der Waals surface area contributed by atoms with E-state index in [1.165, 1.54) is 31.4 Å². The van der Waals surface area contributed by atoms with Gasteiger partial charge in [-0.05, 0) is 67.4 Å². The topological polar surface area (TPSA) is 90.7 Å². The minimum absolute atomic E-state index is 0.0498. The third-order valence-corrected chi connectivity index (χ3v) is 6.45. The van der Waals surface area contributed by atoms with Gasteiger partial charge < -0.3 is 14.8 Å². The Bertz CT molecular complexity index is 1080.